The van der Waals surface area contributed by atoms with Gasteiger partial charge in [-0.3, -0.25) is 0 Å². The van der Waals surface area contributed by atoms with Gasteiger partial charge in [-0.2, -0.15) is 0 Å². The fourth-order valence-corrected chi connectivity index (χ4v) is 1.70. The molecule has 0 N–H and O–H groups in total. The van der Waals surface area contributed by atoms with Crippen LogP contribution in [0.3, 0.4) is 0 Å². The van der Waals surface area contributed by atoms with Crippen molar-refractivity contribution in [1.29, 1.82) is 0 Å². The Bertz CT molecular complexity index is 492. The molecule has 0 saturated heterocycles. The maximum atomic E-state index is 13.5. The molecule has 0 radical (unpaired) electrons. The second kappa shape index (κ2) is 4.03. The highest BCUT2D eigenvalue weighted by atomic mass is 35.5. The fraction of sp³-hybridized carbons (Fsp3) is 0.0769. The smallest absolute Gasteiger partial charge is 0.131 e. The van der Waals surface area contributed by atoms with Crippen molar-refractivity contribution >= 4 is 11.6 Å². The maximum absolute atomic E-state index is 13.5. The van der Waals surface area contributed by atoms with Gasteiger partial charge in [0.05, 0.1) is 0 Å². The molecular weight excluding hydrogens is 211 g/mol. The Balaban J connectivity index is 2.58. The van der Waals surface area contributed by atoms with E-state index in [1.54, 1.807) is 12.1 Å². The van der Waals surface area contributed by atoms with Crippen molar-refractivity contribution in [3.05, 3.63) is 58.9 Å². The third kappa shape index (κ3) is 2.18. The van der Waals surface area contributed by atoms with Crippen LogP contribution in [0.4, 0.5) is 4.39 Å². The van der Waals surface area contributed by atoms with Gasteiger partial charge in [-0.15, -0.1) is 0 Å². The molecule has 0 spiro atoms. The minimum absolute atomic E-state index is 0.245. The van der Waals surface area contributed by atoms with Crippen molar-refractivity contribution in [2.45, 2.75) is 6.92 Å². The van der Waals surface area contributed by atoms with Crippen LogP contribution in [-0.2, 0) is 0 Å². The first-order valence-electron chi connectivity index (χ1n) is 4.69. The standard InChI is InChI=1S/C13H10ClF/c1-9-3-2-4-10(7-9)12-8-11(14)5-6-13(12)15/h2-8H,1H3. The lowest BCUT2D eigenvalue weighted by atomic mass is 10.0. The summed E-state index contributed by atoms with van der Waals surface area (Å²) in [6.07, 6.45) is 0. The molecule has 0 heterocycles. The first kappa shape index (κ1) is 10.2. The quantitative estimate of drug-likeness (QED) is 0.666. The normalized spacial score (nSPS) is 10.3. The Morgan fingerprint density at radius 3 is 2.60 bits per heavy atom. The van der Waals surface area contributed by atoms with Crippen LogP contribution in [0.15, 0.2) is 42.5 Å². The lowest BCUT2D eigenvalue weighted by Gasteiger charge is -2.04. The van der Waals surface area contributed by atoms with Crippen molar-refractivity contribution < 1.29 is 4.39 Å². The van der Waals surface area contributed by atoms with Gasteiger partial charge >= 0.3 is 0 Å². The van der Waals surface area contributed by atoms with Crippen molar-refractivity contribution in [1.82, 2.24) is 0 Å². The summed E-state index contributed by atoms with van der Waals surface area (Å²) in [5.41, 5.74) is 2.51. The van der Waals surface area contributed by atoms with Crippen LogP contribution in [0, 0.1) is 12.7 Å². The molecule has 0 amide bonds. The van der Waals surface area contributed by atoms with E-state index in [9.17, 15) is 4.39 Å². The molecule has 0 fully saturated rings. The first-order chi connectivity index (χ1) is 7.16. The zero-order chi connectivity index (χ0) is 10.8. The van der Waals surface area contributed by atoms with Crippen LogP contribution in [-0.4, -0.2) is 0 Å². The summed E-state index contributed by atoms with van der Waals surface area (Å²) in [5.74, 6) is -0.245. The summed E-state index contributed by atoms with van der Waals surface area (Å²) in [7, 11) is 0. The summed E-state index contributed by atoms with van der Waals surface area (Å²) < 4.78 is 13.5. The van der Waals surface area contributed by atoms with E-state index in [0.717, 1.165) is 11.1 Å². The van der Waals surface area contributed by atoms with E-state index in [1.807, 2.05) is 31.2 Å². The molecule has 0 aromatic heterocycles. The van der Waals surface area contributed by atoms with Crippen LogP contribution in [0.5, 0.6) is 0 Å². The first-order valence-corrected chi connectivity index (χ1v) is 5.07. The molecule has 0 saturated carbocycles. The third-order valence-electron chi connectivity index (χ3n) is 2.26. The molecule has 2 rings (SSSR count). The number of halogens is 2. The highest BCUT2D eigenvalue weighted by Gasteiger charge is 2.05. The largest absolute Gasteiger partial charge is 0.206 e. The van der Waals surface area contributed by atoms with Crippen LogP contribution in [0.1, 0.15) is 5.56 Å². The topological polar surface area (TPSA) is 0 Å². The summed E-state index contributed by atoms with van der Waals surface area (Å²) in [6, 6.07) is 12.3. The van der Waals surface area contributed by atoms with E-state index in [-0.39, 0.29) is 5.82 Å². The molecule has 0 aliphatic rings. The molecule has 0 nitrogen and oxygen atoms in total. The van der Waals surface area contributed by atoms with Crippen LogP contribution in [0.25, 0.3) is 11.1 Å². The van der Waals surface area contributed by atoms with Gasteiger partial charge in [0.15, 0.2) is 0 Å². The monoisotopic (exact) mass is 220 g/mol. The van der Waals surface area contributed by atoms with Gasteiger partial charge in [-0.25, -0.2) is 4.39 Å². The molecule has 2 aromatic carbocycles. The number of hydrogen-bond acceptors (Lipinski definition) is 0. The van der Waals surface area contributed by atoms with E-state index in [2.05, 4.69) is 0 Å². The lowest BCUT2D eigenvalue weighted by Crippen LogP contribution is -1.84. The SMILES string of the molecule is Cc1cccc(-c2cc(Cl)ccc2F)c1. The van der Waals surface area contributed by atoms with Gasteiger partial charge in [-0.05, 0) is 30.7 Å². The molecule has 2 aromatic rings. The van der Waals surface area contributed by atoms with Crippen molar-refractivity contribution in [2.24, 2.45) is 0 Å². The molecule has 76 valence electrons. The summed E-state index contributed by atoms with van der Waals surface area (Å²) in [6.45, 7) is 1.98. The lowest BCUT2D eigenvalue weighted by molar-refractivity contribution is 0.631. The zero-order valence-corrected chi connectivity index (χ0v) is 9.05. The average molecular weight is 221 g/mol. The Morgan fingerprint density at radius 2 is 1.87 bits per heavy atom. The third-order valence-corrected chi connectivity index (χ3v) is 2.49. The predicted octanol–water partition coefficient (Wildman–Crippen LogP) is 4.45. The minimum atomic E-state index is -0.245. The highest BCUT2D eigenvalue weighted by Crippen LogP contribution is 2.26. The van der Waals surface area contributed by atoms with E-state index >= 15 is 0 Å². The Hall–Kier alpha value is -1.34. The summed E-state index contributed by atoms with van der Waals surface area (Å²) in [5, 5.41) is 0.549. The second-order valence-electron chi connectivity index (χ2n) is 3.49. The number of benzene rings is 2. The van der Waals surface area contributed by atoms with Crippen molar-refractivity contribution in [2.75, 3.05) is 0 Å². The van der Waals surface area contributed by atoms with E-state index in [0.29, 0.717) is 10.6 Å². The number of rotatable bonds is 1. The van der Waals surface area contributed by atoms with Crippen molar-refractivity contribution in [3.63, 3.8) is 0 Å². The average Bonchev–Trinajstić information content (AvgIpc) is 2.22. The summed E-state index contributed by atoms with van der Waals surface area (Å²) in [4.78, 5) is 0. The van der Waals surface area contributed by atoms with E-state index in [1.165, 1.54) is 6.07 Å². The van der Waals surface area contributed by atoms with Crippen molar-refractivity contribution in [3.8, 4) is 11.1 Å². The Labute approximate surface area is 93.3 Å². The molecular formula is C13H10ClF. The van der Waals surface area contributed by atoms with E-state index in [4.69, 9.17) is 11.6 Å². The predicted molar refractivity (Wildman–Crippen MR) is 61.6 cm³/mol. The molecule has 0 aliphatic heterocycles. The van der Waals surface area contributed by atoms with E-state index < -0.39 is 0 Å². The fourth-order valence-electron chi connectivity index (χ4n) is 1.53. The Morgan fingerprint density at radius 1 is 1.07 bits per heavy atom. The van der Waals surface area contributed by atoms with Crippen LogP contribution in [0.2, 0.25) is 5.02 Å². The molecule has 0 atom stereocenters. The van der Waals surface area contributed by atoms with Gasteiger partial charge in [-0.1, -0.05) is 41.4 Å². The van der Waals surface area contributed by atoms with Gasteiger partial charge in [0.1, 0.15) is 5.82 Å². The second-order valence-corrected chi connectivity index (χ2v) is 3.93. The van der Waals surface area contributed by atoms with Gasteiger partial charge < -0.3 is 0 Å². The highest BCUT2D eigenvalue weighted by molar-refractivity contribution is 6.30. The molecule has 15 heavy (non-hydrogen) atoms. The van der Waals surface area contributed by atoms with Gasteiger partial charge in [0.25, 0.3) is 0 Å². The maximum Gasteiger partial charge on any atom is 0.131 e. The summed E-state index contributed by atoms with van der Waals surface area (Å²) >= 11 is 5.84. The molecule has 0 bridgehead atoms. The number of aryl methyl sites for hydroxylation is 1. The van der Waals surface area contributed by atoms with Crippen LogP contribution < -0.4 is 0 Å². The molecule has 0 aliphatic carbocycles. The molecule has 2 heteroatoms. The zero-order valence-electron chi connectivity index (χ0n) is 8.30. The minimum Gasteiger partial charge on any atom is -0.206 e. The Kier molecular flexibility index (Phi) is 2.74. The van der Waals surface area contributed by atoms with Gasteiger partial charge in [0.2, 0.25) is 0 Å². The van der Waals surface area contributed by atoms with Crippen LogP contribution >= 0.6 is 11.6 Å². The van der Waals surface area contributed by atoms with Gasteiger partial charge in [0, 0.05) is 10.6 Å². The number of hydrogen-bond donors (Lipinski definition) is 0. The molecule has 0 unspecified atom stereocenters.